The molecule has 2 heterocycles. The van der Waals surface area contributed by atoms with Crippen LogP contribution in [-0.4, -0.2) is 40.7 Å². The van der Waals surface area contributed by atoms with Crippen LogP contribution in [-0.2, 0) is 14.3 Å². The normalized spacial score (nSPS) is 23.3. The third-order valence-electron chi connectivity index (χ3n) is 5.42. The Morgan fingerprint density at radius 3 is 2.47 bits per heavy atom. The maximum atomic E-state index is 13.0. The van der Waals surface area contributed by atoms with Crippen molar-refractivity contribution < 1.29 is 31.9 Å². The Hall–Kier alpha value is -2.97. The van der Waals surface area contributed by atoms with Crippen molar-refractivity contribution in [2.24, 2.45) is 5.92 Å². The summed E-state index contributed by atoms with van der Waals surface area (Å²) in [6, 6.07) is 9.56. The second-order valence-corrected chi connectivity index (χ2v) is 7.46. The lowest BCUT2D eigenvalue weighted by Gasteiger charge is -2.25. The van der Waals surface area contributed by atoms with E-state index < -0.39 is 18.4 Å². The van der Waals surface area contributed by atoms with Crippen molar-refractivity contribution in [1.82, 2.24) is 9.88 Å². The molecule has 5 nitrogen and oxygen atoms in total. The number of rotatable bonds is 4. The van der Waals surface area contributed by atoms with E-state index in [2.05, 4.69) is 9.72 Å². The summed E-state index contributed by atoms with van der Waals surface area (Å²) in [5.41, 5.74) is 2.28. The highest BCUT2D eigenvalue weighted by molar-refractivity contribution is 5.84. The van der Waals surface area contributed by atoms with Crippen molar-refractivity contribution in [2.75, 3.05) is 6.54 Å². The van der Waals surface area contributed by atoms with Crippen LogP contribution in [0.15, 0.2) is 42.6 Å². The fourth-order valence-corrected chi connectivity index (χ4v) is 3.77. The predicted octanol–water partition coefficient (Wildman–Crippen LogP) is 4.05. The summed E-state index contributed by atoms with van der Waals surface area (Å²) in [4.78, 5) is 29.5. The number of likely N-dealkylation sites (tertiary alicyclic amines) is 1. The SMILES string of the molecule is O=C(C1CC1c1ccc(-c2ccc(F)cc2)nc1)N1CCCC1OC(=O)C(F)(F)F. The van der Waals surface area contributed by atoms with Crippen LogP contribution in [0.4, 0.5) is 17.6 Å². The molecular weight excluding hydrogens is 404 g/mol. The maximum Gasteiger partial charge on any atom is 0.491 e. The molecule has 158 valence electrons. The van der Waals surface area contributed by atoms with E-state index in [1.54, 1.807) is 24.4 Å². The lowest BCUT2D eigenvalue weighted by Crippen LogP contribution is -2.42. The Balaban J connectivity index is 1.39. The van der Waals surface area contributed by atoms with E-state index in [4.69, 9.17) is 0 Å². The molecular formula is C21H18F4N2O3. The van der Waals surface area contributed by atoms with E-state index in [9.17, 15) is 27.2 Å². The van der Waals surface area contributed by atoms with Gasteiger partial charge in [0.05, 0.1) is 5.69 Å². The number of hydrogen-bond acceptors (Lipinski definition) is 4. The number of pyridine rings is 1. The van der Waals surface area contributed by atoms with Crippen LogP contribution in [0.1, 0.15) is 30.7 Å². The van der Waals surface area contributed by atoms with Crippen LogP contribution in [0.5, 0.6) is 0 Å². The van der Waals surface area contributed by atoms with E-state index >= 15 is 0 Å². The number of benzene rings is 1. The first-order valence-electron chi connectivity index (χ1n) is 9.54. The molecule has 1 aliphatic heterocycles. The van der Waals surface area contributed by atoms with Crippen LogP contribution in [0, 0.1) is 11.7 Å². The third-order valence-corrected chi connectivity index (χ3v) is 5.42. The van der Waals surface area contributed by atoms with Crippen LogP contribution in [0.3, 0.4) is 0 Å². The van der Waals surface area contributed by atoms with Gasteiger partial charge in [-0.15, -0.1) is 0 Å². The van der Waals surface area contributed by atoms with Gasteiger partial charge in [0.25, 0.3) is 0 Å². The van der Waals surface area contributed by atoms with Crippen molar-refractivity contribution in [3.8, 4) is 11.3 Å². The summed E-state index contributed by atoms with van der Waals surface area (Å²) < 4.78 is 54.9. The summed E-state index contributed by atoms with van der Waals surface area (Å²) in [6.45, 7) is 0.264. The number of hydrogen-bond donors (Lipinski definition) is 0. The van der Waals surface area contributed by atoms with Gasteiger partial charge in [0.1, 0.15) is 5.82 Å². The second kappa shape index (κ2) is 7.70. The average molecular weight is 422 g/mol. The van der Waals surface area contributed by atoms with Gasteiger partial charge in [-0.1, -0.05) is 6.07 Å². The van der Waals surface area contributed by atoms with E-state index in [0.717, 1.165) is 11.1 Å². The summed E-state index contributed by atoms with van der Waals surface area (Å²) in [5.74, 6) is -3.36. The van der Waals surface area contributed by atoms with E-state index in [-0.39, 0.29) is 36.5 Å². The fourth-order valence-electron chi connectivity index (χ4n) is 3.77. The first-order chi connectivity index (χ1) is 14.2. The number of ether oxygens (including phenoxy) is 1. The van der Waals surface area contributed by atoms with Crippen molar-refractivity contribution in [2.45, 2.75) is 37.6 Å². The van der Waals surface area contributed by atoms with Crippen LogP contribution >= 0.6 is 0 Å². The highest BCUT2D eigenvalue weighted by Gasteiger charge is 2.50. The molecule has 0 N–H and O–H groups in total. The van der Waals surface area contributed by atoms with Gasteiger partial charge in [-0.05, 0) is 54.7 Å². The monoisotopic (exact) mass is 422 g/mol. The molecule has 4 rings (SSSR count). The zero-order chi connectivity index (χ0) is 21.5. The molecule has 9 heteroatoms. The minimum absolute atomic E-state index is 0.0770. The zero-order valence-electron chi connectivity index (χ0n) is 15.7. The summed E-state index contributed by atoms with van der Waals surface area (Å²) in [7, 11) is 0. The molecule has 0 radical (unpaired) electrons. The molecule has 2 aliphatic rings. The van der Waals surface area contributed by atoms with Crippen molar-refractivity contribution in [3.05, 3.63) is 54.0 Å². The zero-order valence-corrected chi connectivity index (χ0v) is 15.7. The number of carbonyl (C=O) groups excluding carboxylic acids is 2. The van der Waals surface area contributed by atoms with Crippen molar-refractivity contribution in [1.29, 1.82) is 0 Å². The average Bonchev–Trinajstić information content (AvgIpc) is 3.39. The van der Waals surface area contributed by atoms with Gasteiger partial charge in [0.2, 0.25) is 5.91 Å². The number of amides is 1. The largest absolute Gasteiger partial charge is 0.491 e. The quantitative estimate of drug-likeness (QED) is 0.551. The molecule has 2 fully saturated rings. The van der Waals surface area contributed by atoms with E-state index in [0.29, 0.717) is 18.5 Å². The minimum Gasteiger partial charge on any atom is -0.435 e. The Morgan fingerprint density at radius 1 is 1.10 bits per heavy atom. The maximum absolute atomic E-state index is 13.0. The molecule has 2 aromatic rings. The van der Waals surface area contributed by atoms with Gasteiger partial charge >= 0.3 is 12.1 Å². The predicted molar refractivity (Wildman–Crippen MR) is 97.4 cm³/mol. The Morgan fingerprint density at radius 2 is 1.83 bits per heavy atom. The number of aromatic nitrogens is 1. The Kier molecular flexibility index (Phi) is 5.21. The van der Waals surface area contributed by atoms with E-state index in [1.807, 2.05) is 6.07 Å². The topological polar surface area (TPSA) is 59.5 Å². The van der Waals surface area contributed by atoms with Gasteiger partial charge in [0.15, 0.2) is 6.23 Å². The standard InChI is InChI=1S/C21H18F4N2O3/c22-14-6-3-12(4-7-14)17-8-5-13(11-26-17)15-10-16(15)19(28)27-9-1-2-18(27)30-20(29)21(23,24)25/h3-8,11,15-16,18H,1-2,9-10H2. The Bertz CT molecular complexity index is 944. The molecule has 3 unspecified atom stereocenters. The highest BCUT2D eigenvalue weighted by atomic mass is 19.4. The van der Waals surface area contributed by atoms with Gasteiger partial charge < -0.3 is 9.64 Å². The van der Waals surface area contributed by atoms with Gasteiger partial charge in [-0.25, -0.2) is 9.18 Å². The molecule has 0 bridgehead atoms. The number of alkyl halides is 3. The highest BCUT2D eigenvalue weighted by Crippen LogP contribution is 2.49. The van der Waals surface area contributed by atoms with Gasteiger partial charge in [-0.3, -0.25) is 9.78 Å². The smallest absolute Gasteiger partial charge is 0.435 e. The lowest BCUT2D eigenvalue weighted by atomic mass is 10.1. The molecule has 1 aromatic heterocycles. The number of carbonyl (C=O) groups is 2. The van der Waals surface area contributed by atoms with Crippen molar-refractivity contribution >= 4 is 11.9 Å². The van der Waals surface area contributed by atoms with Crippen molar-refractivity contribution in [3.63, 3.8) is 0 Å². The fraction of sp³-hybridized carbons (Fsp3) is 0.381. The molecule has 1 saturated carbocycles. The van der Waals surface area contributed by atoms with E-state index in [1.165, 1.54) is 17.0 Å². The summed E-state index contributed by atoms with van der Waals surface area (Å²) in [6.07, 6.45) is -3.37. The summed E-state index contributed by atoms with van der Waals surface area (Å²) in [5, 5.41) is 0. The first-order valence-corrected chi connectivity index (χ1v) is 9.54. The minimum atomic E-state index is -5.09. The number of halogens is 4. The van der Waals surface area contributed by atoms with Gasteiger partial charge in [0, 0.05) is 30.6 Å². The molecule has 1 aromatic carbocycles. The second-order valence-electron chi connectivity index (χ2n) is 7.46. The molecule has 0 spiro atoms. The molecule has 1 aliphatic carbocycles. The number of nitrogens with zero attached hydrogens (tertiary/aromatic N) is 2. The Labute approximate surface area is 169 Å². The van der Waals surface area contributed by atoms with Gasteiger partial charge in [-0.2, -0.15) is 13.2 Å². The summed E-state index contributed by atoms with van der Waals surface area (Å²) >= 11 is 0. The molecule has 3 atom stereocenters. The lowest BCUT2D eigenvalue weighted by molar-refractivity contribution is -0.211. The molecule has 1 amide bonds. The first kappa shape index (κ1) is 20.3. The van der Waals surface area contributed by atoms with Crippen LogP contribution < -0.4 is 0 Å². The number of esters is 1. The molecule has 1 saturated heterocycles. The van der Waals surface area contributed by atoms with Crippen LogP contribution in [0.2, 0.25) is 0 Å². The van der Waals surface area contributed by atoms with Crippen LogP contribution in [0.25, 0.3) is 11.3 Å². The third kappa shape index (κ3) is 4.15. The molecule has 30 heavy (non-hydrogen) atoms.